The monoisotopic (exact) mass is 128 g/mol. The van der Waals surface area contributed by atoms with Crippen LogP contribution in [0.4, 0.5) is 11.8 Å². The molecule has 0 radical (unpaired) electrons. The van der Waals surface area contributed by atoms with Gasteiger partial charge in [-0.05, 0) is 0 Å². The molecule has 0 aliphatic heterocycles. The summed E-state index contributed by atoms with van der Waals surface area (Å²) in [6, 6.07) is 0. The van der Waals surface area contributed by atoms with Crippen LogP contribution in [0.2, 0.25) is 0 Å². The van der Waals surface area contributed by atoms with Crippen molar-refractivity contribution in [1.82, 2.24) is 9.97 Å². The van der Waals surface area contributed by atoms with Crippen molar-refractivity contribution in [3.05, 3.63) is 0 Å². The molecule has 0 spiro atoms. The molecular formula is C4H8N4O. The number of ether oxygens (including phenoxy) is 1. The van der Waals surface area contributed by atoms with Crippen LogP contribution in [0, 0.1) is 0 Å². The maximum absolute atomic E-state index is 5.33. The number of nitrogens with two attached hydrogens (primary N) is 2. The Kier molecular flexibility index (Phi) is 1.18. The number of aromatic nitrogens is 2. The second kappa shape index (κ2) is 1.85. The van der Waals surface area contributed by atoms with Crippen molar-refractivity contribution in [2.75, 3.05) is 18.6 Å². The van der Waals surface area contributed by atoms with Crippen molar-refractivity contribution in [3.8, 4) is 5.88 Å². The number of H-pyrrole nitrogens is 1. The van der Waals surface area contributed by atoms with E-state index in [-0.39, 0.29) is 5.95 Å². The highest BCUT2D eigenvalue weighted by atomic mass is 16.5. The van der Waals surface area contributed by atoms with Crippen molar-refractivity contribution >= 4 is 11.8 Å². The molecule has 0 fully saturated rings. The molecule has 5 heteroatoms. The van der Waals surface area contributed by atoms with Crippen molar-refractivity contribution in [2.24, 2.45) is 0 Å². The van der Waals surface area contributed by atoms with Gasteiger partial charge in [-0.2, -0.15) is 4.98 Å². The summed E-state index contributed by atoms with van der Waals surface area (Å²) in [7, 11) is 1.48. The minimum absolute atomic E-state index is 0.268. The van der Waals surface area contributed by atoms with Gasteiger partial charge in [0, 0.05) is 0 Å². The Morgan fingerprint density at radius 3 is 2.44 bits per heavy atom. The molecule has 0 saturated carbocycles. The molecule has 5 nitrogen and oxygen atoms in total. The summed E-state index contributed by atoms with van der Waals surface area (Å²) in [5.74, 6) is 0.965. The lowest BCUT2D eigenvalue weighted by Crippen LogP contribution is -1.89. The standard InChI is InChI=1S/C4H8N4O/c1-9-3-2(5)7-4(6)8-3/h5H2,1H3,(H3,6,7,8). The fourth-order valence-electron chi connectivity index (χ4n) is 0.545. The molecule has 1 aromatic heterocycles. The van der Waals surface area contributed by atoms with E-state index in [4.69, 9.17) is 16.2 Å². The molecule has 5 N–H and O–H groups in total. The van der Waals surface area contributed by atoms with Crippen LogP contribution in [-0.4, -0.2) is 17.1 Å². The van der Waals surface area contributed by atoms with Crippen LogP contribution in [0.15, 0.2) is 0 Å². The van der Waals surface area contributed by atoms with Crippen molar-refractivity contribution < 1.29 is 4.74 Å². The summed E-state index contributed by atoms with van der Waals surface area (Å²) in [6.45, 7) is 0. The normalized spacial score (nSPS) is 9.44. The molecule has 1 heterocycles. The Bertz CT molecular complexity index is 206. The van der Waals surface area contributed by atoms with Crippen LogP contribution in [0.5, 0.6) is 5.88 Å². The lowest BCUT2D eigenvalue weighted by atomic mass is 10.7. The number of nitrogens with zero attached hydrogens (tertiary/aromatic N) is 1. The fraction of sp³-hybridized carbons (Fsp3) is 0.250. The molecule has 0 unspecified atom stereocenters. The molecule has 0 aliphatic rings. The Morgan fingerprint density at radius 2 is 2.22 bits per heavy atom. The number of hydrogen-bond donors (Lipinski definition) is 3. The van der Waals surface area contributed by atoms with E-state index in [1.54, 1.807) is 0 Å². The predicted molar refractivity (Wildman–Crippen MR) is 34.0 cm³/mol. The van der Waals surface area contributed by atoms with Gasteiger partial charge < -0.3 is 21.2 Å². The minimum Gasteiger partial charge on any atom is -0.478 e. The number of rotatable bonds is 1. The first-order valence-electron chi connectivity index (χ1n) is 2.39. The Balaban J connectivity index is 3.01. The molecule has 0 bridgehead atoms. The van der Waals surface area contributed by atoms with Gasteiger partial charge in [0.2, 0.25) is 5.95 Å². The second-order valence-corrected chi connectivity index (χ2v) is 1.54. The van der Waals surface area contributed by atoms with E-state index < -0.39 is 0 Å². The SMILES string of the molecule is COc1nc(N)[nH]c1N. The third kappa shape index (κ3) is 0.883. The summed E-state index contributed by atoms with van der Waals surface area (Å²) in [5, 5.41) is 0. The number of anilines is 2. The first kappa shape index (κ1) is 5.74. The Labute approximate surface area is 52.0 Å². The van der Waals surface area contributed by atoms with Gasteiger partial charge in [-0.25, -0.2) is 0 Å². The highest BCUT2D eigenvalue weighted by Crippen LogP contribution is 2.16. The van der Waals surface area contributed by atoms with E-state index in [9.17, 15) is 0 Å². The molecular weight excluding hydrogens is 120 g/mol. The maximum atomic E-state index is 5.33. The van der Waals surface area contributed by atoms with Gasteiger partial charge in [0.15, 0.2) is 5.82 Å². The van der Waals surface area contributed by atoms with Crippen molar-refractivity contribution in [3.63, 3.8) is 0 Å². The van der Waals surface area contributed by atoms with Gasteiger partial charge >= 0.3 is 0 Å². The van der Waals surface area contributed by atoms with Gasteiger partial charge in [-0.1, -0.05) is 0 Å². The molecule has 0 aromatic carbocycles. The zero-order valence-corrected chi connectivity index (χ0v) is 5.01. The van der Waals surface area contributed by atoms with Gasteiger partial charge in [-0.3, -0.25) is 0 Å². The molecule has 50 valence electrons. The average molecular weight is 128 g/mol. The van der Waals surface area contributed by atoms with Crippen LogP contribution in [-0.2, 0) is 0 Å². The zero-order valence-electron chi connectivity index (χ0n) is 5.01. The topological polar surface area (TPSA) is 90.0 Å². The van der Waals surface area contributed by atoms with Crippen LogP contribution in [0.1, 0.15) is 0 Å². The van der Waals surface area contributed by atoms with Crippen LogP contribution in [0.3, 0.4) is 0 Å². The first-order valence-corrected chi connectivity index (χ1v) is 2.39. The fourth-order valence-corrected chi connectivity index (χ4v) is 0.545. The lowest BCUT2D eigenvalue weighted by Gasteiger charge is -1.90. The number of nitrogen functional groups attached to an aromatic ring is 2. The quantitative estimate of drug-likeness (QED) is 0.479. The number of aromatic amines is 1. The average Bonchev–Trinajstić information content (AvgIpc) is 2.10. The predicted octanol–water partition coefficient (Wildman–Crippen LogP) is -0.417. The maximum Gasteiger partial charge on any atom is 0.258 e. The van der Waals surface area contributed by atoms with Gasteiger partial charge in [-0.15, -0.1) is 0 Å². The lowest BCUT2D eigenvalue weighted by molar-refractivity contribution is 0.403. The summed E-state index contributed by atoms with van der Waals surface area (Å²) in [6.07, 6.45) is 0. The third-order valence-corrected chi connectivity index (χ3v) is 0.908. The number of methoxy groups -OCH3 is 1. The number of nitrogens with one attached hydrogen (secondary N) is 1. The Morgan fingerprint density at radius 1 is 1.56 bits per heavy atom. The van der Waals surface area contributed by atoms with E-state index in [0.717, 1.165) is 0 Å². The summed E-state index contributed by atoms with van der Waals surface area (Å²) in [5.41, 5.74) is 10.6. The van der Waals surface area contributed by atoms with E-state index in [1.807, 2.05) is 0 Å². The number of hydrogen-bond acceptors (Lipinski definition) is 4. The highest BCUT2D eigenvalue weighted by Gasteiger charge is 2.02. The molecule has 0 atom stereocenters. The summed E-state index contributed by atoms with van der Waals surface area (Å²) < 4.78 is 4.72. The third-order valence-electron chi connectivity index (χ3n) is 0.908. The molecule has 1 aromatic rings. The minimum atomic E-state index is 0.268. The summed E-state index contributed by atoms with van der Waals surface area (Å²) >= 11 is 0. The van der Waals surface area contributed by atoms with E-state index in [0.29, 0.717) is 11.7 Å². The van der Waals surface area contributed by atoms with E-state index >= 15 is 0 Å². The smallest absolute Gasteiger partial charge is 0.258 e. The molecule has 0 amide bonds. The second-order valence-electron chi connectivity index (χ2n) is 1.54. The summed E-state index contributed by atoms with van der Waals surface area (Å²) in [4.78, 5) is 6.28. The molecule has 0 aliphatic carbocycles. The molecule has 0 saturated heterocycles. The zero-order chi connectivity index (χ0) is 6.85. The first-order chi connectivity index (χ1) is 4.24. The molecule has 1 rings (SSSR count). The van der Waals surface area contributed by atoms with Gasteiger partial charge in [0.1, 0.15) is 0 Å². The largest absolute Gasteiger partial charge is 0.478 e. The van der Waals surface area contributed by atoms with Crippen LogP contribution >= 0.6 is 0 Å². The molecule has 9 heavy (non-hydrogen) atoms. The van der Waals surface area contributed by atoms with Gasteiger partial charge in [0.05, 0.1) is 7.11 Å². The van der Waals surface area contributed by atoms with E-state index in [1.165, 1.54) is 7.11 Å². The van der Waals surface area contributed by atoms with Crippen LogP contribution < -0.4 is 16.2 Å². The Hall–Kier alpha value is -1.39. The van der Waals surface area contributed by atoms with Crippen molar-refractivity contribution in [1.29, 1.82) is 0 Å². The van der Waals surface area contributed by atoms with Gasteiger partial charge in [0.25, 0.3) is 5.88 Å². The van der Waals surface area contributed by atoms with Crippen molar-refractivity contribution in [2.45, 2.75) is 0 Å². The van der Waals surface area contributed by atoms with E-state index in [2.05, 4.69) is 9.97 Å². The van der Waals surface area contributed by atoms with Crippen LogP contribution in [0.25, 0.3) is 0 Å². The number of imidazole rings is 1. The highest BCUT2D eigenvalue weighted by molar-refractivity contribution is 5.46.